The largest absolute Gasteiger partial charge is 0.476 e. The summed E-state index contributed by atoms with van der Waals surface area (Å²) in [5.41, 5.74) is 6.74. The molecule has 1 saturated carbocycles. The molecule has 9 nitrogen and oxygen atoms in total. The fourth-order valence-corrected chi connectivity index (χ4v) is 5.78. The van der Waals surface area contributed by atoms with Gasteiger partial charge in [-0.1, -0.05) is 12.8 Å². The number of anilines is 1. The Bertz CT molecular complexity index is 1250. The highest BCUT2D eigenvalue weighted by atomic mass is 35.5. The van der Waals surface area contributed by atoms with Gasteiger partial charge in [-0.25, -0.2) is 14.4 Å². The molecule has 0 aromatic carbocycles. The molecular weight excluding hydrogens is 497 g/mol. The van der Waals surface area contributed by atoms with E-state index in [9.17, 15) is 4.79 Å². The normalized spacial score (nSPS) is 18.9. The summed E-state index contributed by atoms with van der Waals surface area (Å²) < 4.78 is 23.1. The molecule has 1 aliphatic heterocycles. The molecule has 1 amide bonds. The van der Waals surface area contributed by atoms with E-state index < -0.39 is 5.82 Å². The second-order valence-corrected chi connectivity index (χ2v) is 10.5. The van der Waals surface area contributed by atoms with Crippen molar-refractivity contribution < 1.29 is 13.9 Å². The van der Waals surface area contributed by atoms with Crippen molar-refractivity contribution in [3.8, 4) is 5.88 Å². The zero-order chi connectivity index (χ0) is 25.9. The number of pyridine rings is 1. The van der Waals surface area contributed by atoms with Crippen LogP contribution in [0.25, 0.3) is 11.0 Å². The van der Waals surface area contributed by atoms with Crippen molar-refractivity contribution in [2.75, 3.05) is 45.6 Å². The third kappa shape index (κ3) is 5.65. The number of amides is 1. The van der Waals surface area contributed by atoms with E-state index in [1.54, 1.807) is 34.8 Å². The first-order valence-corrected chi connectivity index (χ1v) is 13.3. The molecular formula is C26H33ClFN7O2. The lowest BCUT2D eigenvalue weighted by Gasteiger charge is -2.34. The average Bonchev–Trinajstić information content (AvgIpc) is 3.51. The van der Waals surface area contributed by atoms with Gasteiger partial charge in [-0.05, 0) is 55.8 Å². The Hall–Kier alpha value is -2.98. The number of carbonyl (C=O) groups is 1. The minimum atomic E-state index is -0.561. The molecule has 11 heteroatoms. The molecule has 0 bridgehead atoms. The number of likely N-dealkylation sites (tertiary alicyclic amines) is 1. The van der Waals surface area contributed by atoms with E-state index in [1.807, 2.05) is 0 Å². The lowest BCUT2D eigenvalue weighted by atomic mass is 9.97. The van der Waals surface area contributed by atoms with Crippen LogP contribution < -0.4 is 10.5 Å². The van der Waals surface area contributed by atoms with Crippen LogP contribution in [0.1, 0.15) is 55.1 Å². The summed E-state index contributed by atoms with van der Waals surface area (Å²) in [5, 5.41) is 0.294. The zero-order valence-electron chi connectivity index (χ0n) is 21.1. The molecule has 1 saturated heterocycles. The van der Waals surface area contributed by atoms with Crippen molar-refractivity contribution in [2.24, 2.45) is 5.92 Å². The molecule has 0 radical (unpaired) electrons. The first kappa shape index (κ1) is 25.7. The van der Waals surface area contributed by atoms with Gasteiger partial charge in [0.25, 0.3) is 5.91 Å². The number of piperidine rings is 1. The second kappa shape index (κ2) is 11.2. The fourth-order valence-electron chi connectivity index (χ4n) is 5.66. The van der Waals surface area contributed by atoms with Crippen LogP contribution in [0, 0.1) is 11.7 Å². The molecule has 2 fully saturated rings. The van der Waals surface area contributed by atoms with E-state index in [0.29, 0.717) is 36.3 Å². The number of nitrogens with zero attached hydrogens (tertiary/aromatic N) is 6. The van der Waals surface area contributed by atoms with E-state index in [-0.39, 0.29) is 28.3 Å². The number of hydrogen-bond acceptors (Lipinski definition) is 7. The number of aromatic nitrogens is 4. The maximum Gasteiger partial charge on any atom is 0.273 e. The first-order chi connectivity index (χ1) is 17.9. The maximum atomic E-state index is 15.6. The number of nitrogens with two attached hydrogens (primary N) is 1. The van der Waals surface area contributed by atoms with Crippen molar-refractivity contribution in [1.29, 1.82) is 0 Å². The lowest BCUT2D eigenvalue weighted by molar-refractivity contribution is 0.0703. The quantitative estimate of drug-likeness (QED) is 0.437. The summed E-state index contributed by atoms with van der Waals surface area (Å²) in [6.45, 7) is 3.68. The third-order valence-corrected chi connectivity index (χ3v) is 7.63. The van der Waals surface area contributed by atoms with Crippen LogP contribution in [-0.2, 0) is 0 Å². The minimum Gasteiger partial charge on any atom is -0.476 e. The van der Waals surface area contributed by atoms with Crippen molar-refractivity contribution in [1.82, 2.24) is 29.3 Å². The molecule has 37 heavy (non-hydrogen) atoms. The Kier molecular flexibility index (Phi) is 7.76. The van der Waals surface area contributed by atoms with Gasteiger partial charge in [0.05, 0.1) is 17.3 Å². The standard InChI is InChI=1S/C26H33ClFN7O2/c1-33(15-17-5-4-10-34(16-17)11-12-37-21-9-8-18(29)13-30-21)25(36)23-22(28)20-14-31-26(27)32-24(20)35(23)19-6-2-3-7-19/h8-9,13-14,17,19H,2-7,10-12,15-16,29H2,1H3. The van der Waals surface area contributed by atoms with Gasteiger partial charge in [0.1, 0.15) is 17.9 Å². The smallest absolute Gasteiger partial charge is 0.273 e. The minimum absolute atomic E-state index is 0.0334. The number of carbonyl (C=O) groups excluding carboxylic acids is 1. The molecule has 1 aliphatic carbocycles. The summed E-state index contributed by atoms with van der Waals surface area (Å²) in [6, 6.07) is 3.56. The third-order valence-electron chi connectivity index (χ3n) is 7.44. The summed E-state index contributed by atoms with van der Waals surface area (Å²) in [5.74, 6) is -0.0415. The second-order valence-electron chi connectivity index (χ2n) is 10.1. The van der Waals surface area contributed by atoms with Crippen molar-refractivity contribution >= 4 is 34.2 Å². The maximum absolute atomic E-state index is 15.6. The van der Waals surface area contributed by atoms with Crippen LogP contribution in [0.2, 0.25) is 5.28 Å². The highest BCUT2D eigenvalue weighted by Gasteiger charge is 2.33. The Morgan fingerprint density at radius 1 is 1.22 bits per heavy atom. The van der Waals surface area contributed by atoms with Crippen LogP contribution in [0.15, 0.2) is 24.5 Å². The lowest BCUT2D eigenvalue weighted by Crippen LogP contribution is -2.43. The van der Waals surface area contributed by atoms with E-state index >= 15 is 4.39 Å². The van der Waals surface area contributed by atoms with Crippen LogP contribution >= 0.6 is 11.6 Å². The van der Waals surface area contributed by atoms with Gasteiger partial charge in [0.2, 0.25) is 11.2 Å². The highest BCUT2D eigenvalue weighted by molar-refractivity contribution is 6.28. The molecule has 3 aromatic heterocycles. The van der Waals surface area contributed by atoms with Crippen molar-refractivity contribution in [3.05, 3.63) is 41.3 Å². The molecule has 2 aliphatic rings. The number of rotatable bonds is 8. The van der Waals surface area contributed by atoms with Crippen LogP contribution in [0.3, 0.4) is 0 Å². The fraction of sp³-hybridized carbons (Fsp3) is 0.538. The molecule has 0 spiro atoms. The number of halogens is 2. The van der Waals surface area contributed by atoms with E-state index in [4.69, 9.17) is 22.1 Å². The van der Waals surface area contributed by atoms with Crippen molar-refractivity contribution in [3.63, 3.8) is 0 Å². The molecule has 4 heterocycles. The van der Waals surface area contributed by atoms with Crippen LogP contribution in [0.5, 0.6) is 5.88 Å². The number of hydrogen-bond donors (Lipinski definition) is 1. The monoisotopic (exact) mass is 529 g/mol. The summed E-state index contributed by atoms with van der Waals surface area (Å²) in [6.07, 6.45) is 8.88. The molecule has 5 rings (SSSR count). The molecule has 1 unspecified atom stereocenters. The first-order valence-electron chi connectivity index (χ1n) is 12.9. The van der Waals surface area contributed by atoms with Gasteiger partial charge < -0.3 is 19.9 Å². The van der Waals surface area contributed by atoms with Gasteiger partial charge in [0, 0.05) is 45.0 Å². The zero-order valence-corrected chi connectivity index (χ0v) is 21.8. The predicted molar refractivity (Wildman–Crippen MR) is 140 cm³/mol. The Labute approximate surface area is 220 Å². The van der Waals surface area contributed by atoms with Gasteiger partial charge in [0.15, 0.2) is 5.82 Å². The number of nitrogen functional groups attached to an aromatic ring is 1. The average molecular weight is 530 g/mol. The predicted octanol–water partition coefficient (Wildman–Crippen LogP) is 4.18. The highest BCUT2D eigenvalue weighted by Crippen LogP contribution is 2.36. The van der Waals surface area contributed by atoms with E-state index in [2.05, 4.69) is 19.9 Å². The summed E-state index contributed by atoms with van der Waals surface area (Å²) in [4.78, 5) is 30.1. The Balaban J connectivity index is 1.25. The van der Waals surface area contributed by atoms with Crippen LogP contribution in [-0.4, -0.2) is 75.1 Å². The van der Waals surface area contributed by atoms with E-state index in [1.165, 1.54) is 6.20 Å². The molecule has 1 atom stereocenters. The summed E-state index contributed by atoms with van der Waals surface area (Å²) in [7, 11) is 1.76. The molecule has 3 aromatic rings. The van der Waals surface area contributed by atoms with Crippen molar-refractivity contribution in [2.45, 2.75) is 44.6 Å². The van der Waals surface area contributed by atoms with E-state index in [0.717, 1.165) is 58.2 Å². The van der Waals surface area contributed by atoms with Gasteiger partial charge in [-0.2, -0.15) is 4.98 Å². The topological polar surface area (TPSA) is 102 Å². The SMILES string of the molecule is CN(CC1CCCN(CCOc2ccc(N)cn2)C1)C(=O)c1c(F)c2cnc(Cl)nc2n1C1CCCC1. The Morgan fingerprint density at radius 3 is 2.78 bits per heavy atom. The van der Waals surface area contributed by atoms with Gasteiger partial charge in [-0.15, -0.1) is 0 Å². The molecule has 198 valence electrons. The van der Waals surface area contributed by atoms with Crippen LogP contribution in [0.4, 0.5) is 10.1 Å². The number of fused-ring (bicyclic) bond motifs is 1. The Morgan fingerprint density at radius 2 is 2.03 bits per heavy atom. The number of ether oxygens (including phenoxy) is 1. The van der Waals surface area contributed by atoms with Gasteiger partial charge in [-0.3, -0.25) is 9.69 Å². The summed E-state index contributed by atoms with van der Waals surface area (Å²) >= 11 is 6.05. The molecule has 2 N–H and O–H groups in total. The van der Waals surface area contributed by atoms with Gasteiger partial charge >= 0.3 is 0 Å².